The molecule has 0 amide bonds. The average Bonchev–Trinajstić information content (AvgIpc) is 2.42. The van der Waals surface area contributed by atoms with Crippen molar-refractivity contribution in [1.29, 1.82) is 0 Å². The molecule has 0 aliphatic heterocycles. The molecule has 2 aromatic rings. The van der Waals surface area contributed by atoms with Gasteiger partial charge in [0.2, 0.25) is 0 Å². The topological polar surface area (TPSA) is 12.0 Å². The van der Waals surface area contributed by atoms with Crippen molar-refractivity contribution in [3.05, 3.63) is 64.4 Å². The highest BCUT2D eigenvalue weighted by Gasteiger charge is 2.09. The monoisotopic (exact) mass is 277 g/mol. The van der Waals surface area contributed by atoms with Crippen molar-refractivity contribution in [2.45, 2.75) is 26.3 Å². The van der Waals surface area contributed by atoms with Crippen LogP contribution in [0.3, 0.4) is 0 Å². The molecule has 0 radical (unpaired) electrons. The van der Waals surface area contributed by atoms with Crippen LogP contribution in [0.4, 0.5) is 10.1 Å². The van der Waals surface area contributed by atoms with Crippen molar-refractivity contribution in [3.8, 4) is 0 Å². The molecule has 3 heteroatoms. The van der Waals surface area contributed by atoms with E-state index in [9.17, 15) is 4.39 Å². The third-order valence-corrected chi connectivity index (χ3v) is 3.52. The Labute approximate surface area is 118 Å². The van der Waals surface area contributed by atoms with E-state index < -0.39 is 0 Å². The van der Waals surface area contributed by atoms with Crippen molar-refractivity contribution in [3.63, 3.8) is 0 Å². The van der Waals surface area contributed by atoms with Gasteiger partial charge in [0.25, 0.3) is 0 Å². The first-order valence-electron chi connectivity index (χ1n) is 6.41. The lowest BCUT2D eigenvalue weighted by molar-refractivity contribution is 0.624. The predicted molar refractivity (Wildman–Crippen MR) is 79.3 cm³/mol. The second-order valence-corrected chi connectivity index (χ2v) is 4.96. The van der Waals surface area contributed by atoms with Gasteiger partial charge in [0.05, 0.1) is 5.02 Å². The summed E-state index contributed by atoms with van der Waals surface area (Å²) in [4.78, 5) is 0. The van der Waals surface area contributed by atoms with E-state index in [-0.39, 0.29) is 16.9 Å². The Morgan fingerprint density at radius 1 is 1.21 bits per heavy atom. The molecule has 0 fully saturated rings. The summed E-state index contributed by atoms with van der Waals surface area (Å²) in [6.45, 7) is 4.13. The first kappa shape index (κ1) is 13.9. The molecule has 2 rings (SSSR count). The van der Waals surface area contributed by atoms with Crippen LogP contribution < -0.4 is 5.32 Å². The van der Waals surface area contributed by atoms with Gasteiger partial charge < -0.3 is 5.32 Å². The van der Waals surface area contributed by atoms with E-state index in [2.05, 4.69) is 18.3 Å². The fourth-order valence-electron chi connectivity index (χ4n) is 2.07. The molecule has 0 bridgehead atoms. The molecule has 0 saturated carbocycles. The SMILES string of the molecule is CCc1ccccc1NC(C)c1ccc(Cl)c(F)c1. The van der Waals surface area contributed by atoms with Crippen LogP contribution in [-0.2, 0) is 6.42 Å². The maximum atomic E-state index is 13.5. The first-order chi connectivity index (χ1) is 9.11. The Kier molecular flexibility index (Phi) is 4.43. The minimum Gasteiger partial charge on any atom is -0.378 e. The maximum Gasteiger partial charge on any atom is 0.142 e. The number of hydrogen-bond acceptors (Lipinski definition) is 1. The molecule has 1 atom stereocenters. The van der Waals surface area contributed by atoms with E-state index in [4.69, 9.17) is 11.6 Å². The summed E-state index contributed by atoms with van der Waals surface area (Å²) < 4.78 is 13.5. The number of nitrogens with one attached hydrogen (secondary N) is 1. The van der Waals surface area contributed by atoms with E-state index in [1.54, 1.807) is 6.07 Å². The third kappa shape index (κ3) is 3.27. The fourth-order valence-corrected chi connectivity index (χ4v) is 2.19. The maximum absolute atomic E-state index is 13.5. The second-order valence-electron chi connectivity index (χ2n) is 4.55. The highest BCUT2D eigenvalue weighted by atomic mass is 35.5. The lowest BCUT2D eigenvalue weighted by atomic mass is 10.1. The van der Waals surface area contributed by atoms with E-state index >= 15 is 0 Å². The van der Waals surface area contributed by atoms with Gasteiger partial charge in [0.1, 0.15) is 5.82 Å². The molecule has 2 aromatic carbocycles. The minimum atomic E-state index is -0.378. The normalized spacial score (nSPS) is 12.2. The first-order valence-corrected chi connectivity index (χ1v) is 6.79. The summed E-state index contributed by atoms with van der Waals surface area (Å²) in [6.07, 6.45) is 0.963. The summed E-state index contributed by atoms with van der Waals surface area (Å²) in [5, 5.41) is 3.57. The lowest BCUT2D eigenvalue weighted by Crippen LogP contribution is -2.08. The standard InChI is InChI=1S/C16H17ClFN/c1-3-12-6-4-5-7-16(12)19-11(2)13-8-9-14(17)15(18)10-13/h4-11,19H,3H2,1-2H3. The van der Waals surface area contributed by atoms with Gasteiger partial charge >= 0.3 is 0 Å². The number of halogens is 2. The second kappa shape index (κ2) is 6.07. The molecule has 1 N–H and O–H groups in total. The zero-order valence-corrected chi connectivity index (χ0v) is 11.8. The average molecular weight is 278 g/mol. The zero-order chi connectivity index (χ0) is 13.8. The van der Waals surface area contributed by atoms with Crippen LogP contribution in [0.1, 0.15) is 31.0 Å². The minimum absolute atomic E-state index is 0.0273. The quantitative estimate of drug-likeness (QED) is 0.808. The van der Waals surface area contributed by atoms with Gasteiger partial charge in [-0.3, -0.25) is 0 Å². The summed E-state index contributed by atoms with van der Waals surface area (Å²) in [5.41, 5.74) is 3.23. The van der Waals surface area contributed by atoms with Gasteiger partial charge in [-0.05, 0) is 42.7 Å². The molecule has 1 unspecified atom stereocenters. The number of benzene rings is 2. The van der Waals surface area contributed by atoms with Crippen LogP contribution in [0.25, 0.3) is 0 Å². The van der Waals surface area contributed by atoms with Gasteiger partial charge in [0.15, 0.2) is 0 Å². The van der Waals surface area contributed by atoms with E-state index in [0.29, 0.717) is 0 Å². The van der Waals surface area contributed by atoms with Gasteiger partial charge in [-0.1, -0.05) is 42.8 Å². The van der Waals surface area contributed by atoms with Crippen molar-refractivity contribution in [2.75, 3.05) is 5.32 Å². The van der Waals surface area contributed by atoms with E-state index in [1.165, 1.54) is 11.6 Å². The van der Waals surface area contributed by atoms with Gasteiger partial charge in [-0.15, -0.1) is 0 Å². The molecule has 0 aliphatic rings. The molecule has 19 heavy (non-hydrogen) atoms. The third-order valence-electron chi connectivity index (χ3n) is 3.21. The van der Waals surface area contributed by atoms with Gasteiger partial charge in [-0.2, -0.15) is 0 Å². The van der Waals surface area contributed by atoms with E-state index in [1.807, 2.05) is 31.2 Å². The molecule has 0 aliphatic carbocycles. The van der Waals surface area contributed by atoms with Crippen LogP contribution in [0.2, 0.25) is 5.02 Å². The predicted octanol–water partition coefficient (Wildman–Crippen LogP) is 5.21. The van der Waals surface area contributed by atoms with Crippen molar-refractivity contribution in [2.24, 2.45) is 0 Å². The Hall–Kier alpha value is -1.54. The van der Waals surface area contributed by atoms with Crippen LogP contribution in [0, 0.1) is 5.82 Å². The Morgan fingerprint density at radius 3 is 2.63 bits per heavy atom. The summed E-state index contributed by atoms with van der Waals surface area (Å²) in [6, 6.07) is 13.1. The van der Waals surface area contributed by atoms with Crippen LogP contribution in [-0.4, -0.2) is 0 Å². The van der Waals surface area contributed by atoms with Crippen LogP contribution >= 0.6 is 11.6 Å². The van der Waals surface area contributed by atoms with Crippen LogP contribution in [0.15, 0.2) is 42.5 Å². The Balaban J connectivity index is 2.20. The molecule has 100 valence electrons. The number of rotatable bonds is 4. The molecule has 0 saturated heterocycles. The molecule has 1 nitrogen and oxygen atoms in total. The molecule has 0 heterocycles. The summed E-state index contributed by atoms with van der Waals surface area (Å²) in [7, 11) is 0. The largest absolute Gasteiger partial charge is 0.378 e. The van der Waals surface area contributed by atoms with Crippen molar-refractivity contribution >= 4 is 17.3 Å². The zero-order valence-electron chi connectivity index (χ0n) is 11.1. The van der Waals surface area contributed by atoms with Gasteiger partial charge in [0, 0.05) is 11.7 Å². The molecule has 0 aromatic heterocycles. The van der Waals surface area contributed by atoms with Crippen molar-refractivity contribution in [1.82, 2.24) is 0 Å². The molecular formula is C16H17ClFN. The highest BCUT2D eigenvalue weighted by molar-refractivity contribution is 6.30. The highest BCUT2D eigenvalue weighted by Crippen LogP contribution is 2.25. The number of aryl methyl sites for hydroxylation is 1. The van der Waals surface area contributed by atoms with Crippen molar-refractivity contribution < 1.29 is 4.39 Å². The molecular weight excluding hydrogens is 261 g/mol. The number of para-hydroxylation sites is 1. The van der Waals surface area contributed by atoms with Crippen LogP contribution in [0.5, 0.6) is 0 Å². The Morgan fingerprint density at radius 2 is 1.95 bits per heavy atom. The van der Waals surface area contributed by atoms with Gasteiger partial charge in [-0.25, -0.2) is 4.39 Å². The fraction of sp³-hybridized carbons (Fsp3) is 0.250. The van der Waals surface area contributed by atoms with E-state index in [0.717, 1.165) is 17.7 Å². The Bertz CT molecular complexity index is 568. The number of anilines is 1. The number of hydrogen-bond donors (Lipinski definition) is 1. The lowest BCUT2D eigenvalue weighted by Gasteiger charge is -2.18. The molecule has 0 spiro atoms. The summed E-state index contributed by atoms with van der Waals surface area (Å²) in [5.74, 6) is -0.378. The smallest absolute Gasteiger partial charge is 0.142 e. The summed E-state index contributed by atoms with van der Waals surface area (Å²) >= 11 is 5.70.